The van der Waals surface area contributed by atoms with Crippen LogP contribution in [-0.2, 0) is 16.2 Å². The zero-order valence-electron chi connectivity index (χ0n) is 28.4. The second kappa shape index (κ2) is 15.7. The predicted molar refractivity (Wildman–Crippen MR) is 186 cm³/mol. The molecule has 0 spiro atoms. The number of hydroxylamine groups is 3. The Kier molecular flexibility index (Phi) is 11.2. The average molecular weight is 681 g/mol. The van der Waals surface area contributed by atoms with Crippen molar-refractivity contribution in [1.82, 2.24) is 5.32 Å². The fourth-order valence-corrected chi connectivity index (χ4v) is 5.54. The van der Waals surface area contributed by atoms with Crippen LogP contribution in [0.25, 0.3) is 0 Å². The molecule has 1 aliphatic rings. The van der Waals surface area contributed by atoms with Gasteiger partial charge in [-0.1, -0.05) is 42.5 Å². The van der Waals surface area contributed by atoms with Crippen LogP contribution < -0.4 is 15.4 Å². The Morgan fingerprint density at radius 3 is 2.16 bits per heavy atom. The van der Waals surface area contributed by atoms with Crippen molar-refractivity contribution in [1.29, 1.82) is 0 Å². The Morgan fingerprint density at radius 2 is 1.46 bits per heavy atom. The number of anilines is 1. The van der Waals surface area contributed by atoms with Crippen LogP contribution in [0.2, 0.25) is 0 Å². The lowest BCUT2D eigenvalue weighted by molar-refractivity contribution is -1.03. The lowest BCUT2D eigenvalue weighted by atomic mass is 10.1. The number of phenols is 1. The molecule has 0 radical (unpaired) electrons. The summed E-state index contributed by atoms with van der Waals surface area (Å²) in [5, 5.41) is 15.4. The Morgan fingerprint density at radius 1 is 0.800 bits per heavy atom. The number of carbonyl (C=O) groups is 4. The number of nitrogens with zero attached hydrogens (tertiary/aromatic N) is 1. The normalized spacial score (nSPS) is 17.5. The van der Waals surface area contributed by atoms with Gasteiger partial charge in [0.15, 0.2) is 6.54 Å². The number of carbonyl (C=O) groups excluding carboxylic acids is 4. The van der Waals surface area contributed by atoms with Gasteiger partial charge in [0.2, 0.25) is 0 Å². The standard InChI is InChI=1S/C39H41N3O8/c1-39(2,3)49-38(47)42(24-10-9-13-31(25-42)41-35(44)28-18-22-32(43)23-19-28)50-37(46)29-16-20-30(21-17-29)40-36(45)33-14-7-8-15-34(33)48-26-27-11-5-4-6-12-27/h4-8,11-12,14-23,31H,9-10,13,24-26H2,1-3H3,(H2-,40,41,43,44,45,46)/p+1. The molecule has 1 fully saturated rings. The molecule has 0 saturated carbocycles. The van der Waals surface area contributed by atoms with Crippen LogP contribution in [0.5, 0.6) is 11.5 Å². The van der Waals surface area contributed by atoms with E-state index >= 15 is 0 Å². The molecular weight excluding hydrogens is 638 g/mol. The maximum atomic E-state index is 13.7. The van der Waals surface area contributed by atoms with E-state index in [1.54, 1.807) is 57.2 Å². The average Bonchev–Trinajstić information content (AvgIpc) is 3.30. The summed E-state index contributed by atoms with van der Waals surface area (Å²) in [7, 11) is 0. The summed E-state index contributed by atoms with van der Waals surface area (Å²) in [5.41, 5.74) is 1.39. The molecule has 4 aromatic carbocycles. The molecule has 5 rings (SSSR count). The van der Waals surface area contributed by atoms with Gasteiger partial charge in [-0.2, -0.15) is 4.79 Å². The topological polar surface area (TPSA) is 140 Å². The SMILES string of the molecule is CC(C)(C)OC(=O)[N+]1(OC(=O)c2ccc(NC(=O)c3ccccc3OCc3ccccc3)cc2)CCCCC(NC(=O)c2ccc(O)cc2)C1. The van der Waals surface area contributed by atoms with Crippen molar-refractivity contribution in [3.05, 3.63) is 125 Å². The molecule has 1 heterocycles. The van der Waals surface area contributed by atoms with E-state index < -0.39 is 28.4 Å². The fraction of sp³-hybridized carbons (Fsp3) is 0.282. The third kappa shape index (κ3) is 9.48. The summed E-state index contributed by atoms with van der Waals surface area (Å²) in [5.74, 6) is -1.07. The number of benzene rings is 4. The van der Waals surface area contributed by atoms with Crippen molar-refractivity contribution in [2.75, 3.05) is 18.4 Å². The van der Waals surface area contributed by atoms with Crippen LogP contribution >= 0.6 is 0 Å². The van der Waals surface area contributed by atoms with E-state index in [9.17, 15) is 24.3 Å². The second-order valence-electron chi connectivity index (χ2n) is 13.2. The number of quaternary nitrogens is 1. The summed E-state index contributed by atoms with van der Waals surface area (Å²) in [6.45, 7) is 5.61. The van der Waals surface area contributed by atoms with Crippen molar-refractivity contribution in [2.24, 2.45) is 0 Å². The molecule has 11 nitrogen and oxygen atoms in total. The first-order chi connectivity index (χ1) is 23.9. The zero-order valence-corrected chi connectivity index (χ0v) is 28.4. The quantitative estimate of drug-likeness (QED) is 0.169. The van der Waals surface area contributed by atoms with Gasteiger partial charge in [0.25, 0.3) is 11.8 Å². The first-order valence-corrected chi connectivity index (χ1v) is 16.5. The van der Waals surface area contributed by atoms with E-state index in [0.29, 0.717) is 48.4 Å². The van der Waals surface area contributed by atoms with Crippen LogP contribution in [0.15, 0.2) is 103 Å². The number of ether oxygens (including phenoxy) is 2. The number of aromatic hydroxyl groups is 1. The summed E-state index contributed by atoms with van der Waals surface area (Å²) in [6, 6.07) is 28.0. The summed E-state index contributed by atoms with van der Waals surface area (Å²) in [6.07, 6.45) is 1.03. The highest BCUT2D eigenvalue weighted by Crippen LogP contribution is 2.27. The van der Waals surface area contributed by atoms with E-state index in [-0.39, 0.29) is 36.2 Å². The predicted octanol–water partition coefficient (Wildman–Crippen LogP) is 7.03. The van der Waals surface area contributed by atoms with E-state index in [4.69, 9.17) is 14.3 Å². The Labute approximate surface area is 291 Å². The largest absolute Gasteiger partial charge is 0.559 e. The summed E-state index contributed by atoms with van der Waals surface area (Å²) >= 11 is 0. The lowest BCUT2D eigenvalue weighted by Crippen LogP contribution is -2.60. The number of phenolic OH excluding ortho intramolecular Hbond substituents is 1. The van der Waals surface area contributed by atoms with E-state index in [2.05, 4.69) is 10.6 Å². The number of para-hydroxylation sites is 1. The highest BCUT2D eigenvalue weighted by molar-refractivity contribution is 6.06. The van der Waals surface area contributed by atoms with Gasteiger partial charge in [-0.25, -0.2) is 4.79 Å². The van der Waals surface area contributed by atoms with Crippen LogP contribution in [-0.4, -0.2) is 58.4 Å². The minimum atomic E-state index is -0.864. The van der Waals surface area contributed by atoms with Gasteiger partial charge in [0.1, 0.15) is 30.3 Å². The van der Waals surface area contributed by atoms with Crippen LogP contribution in [0.4, 0.5) is 10.5 Å². The number of hydrogen-bond acceptors (Lipinski definition) is 8. The van der Waals surface area contributed by atoms with Crippen molar-refractivity contribution >= 4 is 29.6 Å². The highest BCUT2D eigenvalue weighted by atomic mass is 16.8. The third-order valence-corrected chi connectivity index (χ3v) is 8.03. The molecule has 2 atom stereocenters. The highest BCUT2D eigenvalue weighted by Gasteiger charge is 2.49. The van der Waals surface area contributed by atoms with Gasteiger partial charge in [-0.15, -0.1) is 0 Å². The van der Waals surface area contributed by atoms with Gasteiger partial charge in [0.05, 0.1) is 17.2 Å². The molecule has 1 saturated heterocycles. The zero-order chi connectivity index (χ0) is 35.7. The second-order valence-corrected chi connectivity index (χ2v) is 13.2. The van der Waals surface area contributed by atoms with Crippen molar-refractivity contribution in [2.45, 2.75) is 58.3 Å². The molecule has 3 amide bonds. The van der Waals surface area contributed by atoms with Gasteiger partial charge in [-0.05, 0) is 104 Å². The molecule has 1 aliphatic heterocycles. The van der Waals surface area contributed by atoms with E-state index in [1.165, 1.54) is 36.4 Å². The monoisotopic (exact) mass is 680 g/mol. The molecule has 0 aliphatic carbocycles. The fourth-order valence-electron chi connectivity index (χ4n) is 5.54. The molecular formula is C39H42N3O8+. The van der Waals surface area contributed by atoms with Crippen LogP contribution in [0, 0.1) is 0 Å². The molecule has 3 N–H and O–H groups in total. The van der Waals surface area contributed by atoms with E-state index in [1.807, 2.05) is 30.3 Å². The van der Waals surface area contributed by atoms with Gasteiger partial charge >= 0.3 is 12.1 Å². The number of amides is 3. The van der Waals surface area contributed by atoms with Gasteiger partial charge < -0.3 is 25.2 Å². The van der Waals surface area contributed by atoms with Crippen molar-refractivity contribution < 1.29 is 43.2 Å². The first kappa shape index (κ1) is 35.6. The van der Waals surface area contributed by atoms with Crippen molar-refractivity contribution in [3.63, 3.8) is 0 Å². The maximum Gasteiger partial charge on any atom is 0.559 e. The smallest absolute Gasteiger partial charge is 0.508 e. The number of rotatable bonds is 8. The van der Waals surface area contributed by atoms with Crippen LogP contribution in [0.1, 0.15) is 76.7 Å². The third-order valence-electron chi connectivity index (χ3n) is 8.03. The first-order valence-electron chi connectivity index (χ1n) is 16.5. The number of nitrogens with one attached hydrogen (secondary N) is 2. The Bertz CT molecular complexity index is 1800. The molecule has 2 unspecified atom stereocenters. The van der Waals surface area contributed by atoms with E-state index in [0.717, 1.165) is 5.56 Å². The summed E-state index contributed by atoms with van der Waals surface area (Å²) < 4.78 is 10.9. The maximum absolute atomic E-state index is 13.7. The number of likely N-dealkylation sites (tertiary alicyclic amines) is 1. The van der Waals surface area contributed by atoms with Gasteiger partial charge in [0, 0.05) is 17.7 Å². The Hall–Kier alpha value is -5.68. The van der Waals surface area contributed by atoms with Crippen molar-refractivity contribution in [3.8, 4) is 11.5 Å². The molecule has 4 aromatic rings. The Balaban J connectivity index is 1.29. The minimum absolute atomic E-state index is 0.0356. The minimum Gasteiger partial charge on any atom is -0.508 e. The molecule has 0 aromatic heterocycles. The summed E-state index contributed by atoms with van der Waals surface area (Å²) in [4.78, 5) is 59.6. The molecule has 0 bridgehead atoms. The molecule has 260 valence electrons. The lowest BCUT2D eigenvalue weighted by Gasteiger charge is -2.34. The molecule has 50 heavy (non-hydrogen) atoms. The van der Waals surface area contributed by atoms with Crippen LogP contribution in [0.3, 0.4) is 0 Å². The molecule has 11 heteroatoms. The van der Waals surface area contributed by atoms with Gasteiger partial charge in [-0.3, -0.25) is 14.4 Å². The number of hydrogen-bond donors (Lipinski definition) is 3.